The van der Waals surface area contributed by atoms with Gasteiger partial charge in [-0.15, -0.1) is 13.2 Å². The van der Waals surface area contributed by atoms with Crippen LogP contribution in [-0.2, 0) is 16.1 Å². The SMILES string of the molecule is COC(=S)Oc1cc(-c2ccccc2)oc(=O)c1-c1c(C)cc(COC(F)(F)F)cc1C. The number of benzene rings is 2. The minimum absolute atomic E-state index is 0.0855. The smallest absolute Gasteiger partial charge is 0.460 e. The molecule has 0 saturated heterocycles. The van der Waals surface area contributed by atoms with Crippen molar-refractivity contribution in [3.05, 3.63) is 75.6 Å². The molecule has 1 heterocycles. The van der Waals surface area contributed by atoms with E-state index >= 15 is 0 Å². The highest BCUT2D eigenvalue weighted by Crippen LogP contribution is 2.36. The van der Waals surface area contributed by atoms with Crippen LogP contribution in [0.25, 0.3) is 22.5 Å². The van der Waals surface area contributed by atoms with Gasteiger partial charge >= 0.3 is 17.2 Å². The van der Waals surface area contributed by atoms with E-state index in [0.29, 0.717) is 27.8 Å². The Morgan fingerprint density at radius 3 is 2.22 bits per heavy atom. The molecule has 32 heavy (non-hydrogen) atoms. The number of hydrogen-bond acceptors (Lipinski definition) is 6. The summed E-state index contributed by atoms with van der Waals surface area (Å²) in [6.45, 7) is 2.69. The van der Waals surface area contributed by atoms with E-state index in [0.717, 1.165) is 0 Å². The molecule has 0 amide bonds. The van der Waals surface area contributed by atoms with Crippen LogP contribution in [0.3, 0.4) is 0 Å². The monoisotopic (exact) mass is 464 g/mol. The zero-order chi connectivity index (χ0) is 23.5. The largest absolute Gasteiger partial charge is 0.522 e. The number of ether oxygens (including phenoxy) is 3. The molecule has 0 atom stereocenters. The van der Waals surface area contributed by atoms with Gasteiger partial charge in [0.05, 0.1) is 13.7 Å². The van der Waals surface area contributed by atoms with E-state index < -0.39 is 18.6 Å². The fourth-order valence-corrected chi connectivity index (χ4v) is 3.44. The van der Waals surface area contributed by atoms with Crippen LogP contribution in [0, 0.1) is 13.8 Å². The van der Waals surface area contributed by atoms with Gasteiger partial charge in [0.25, 0.3) is 0 Å². The van der Waals surface area contributed by atoms with Gasteiger partial charge in [-0.05, 0) is 36.1 Å². The second kappa shape index (κ2) is 9.54. The molecule has 0 radical (unpaired) electrons. The van der Waals surface area contributed by atoms with Gasteiger partial charge in [0, 0.05) is 23.8 Å². The first-order chi connectivity index (χ1) is 15.1. The molecule has 1 aromatic heterocycles. The molecular formula is C23H19F3O5S. The lowest BCUT2D eigenvalue weighted by molar-refractivity contribution is -0.330. The van der Waals surface area contributed by atoms with Crippen LogP contribution in [0.1, 0.15) is 16.7 Å². The molecule has 0 fully saturated rings. The van der Waals surface area contributed by atoms with E-state index in [1.165, 1.54) is 25.3 Å². The first-order valence-electron chi connectivity index (χ1n) is 9.39. The number of aryl methyl sites for hydroxylation is 2. The Balaban J connectivity index is 2.14. The molecule has 3 aromatic rings. The van der Waals surface area contributed by atoms with Crippen LogP contribution in [0.4, 0.5) is 13.2 Å². The van der Waals surface area contributed by atoms with E-state index in [4.69, 9.17) is 26.1 Å². The van der Waals surface area contributed by atoms with Crippen molar-refractivity contribution < 1.29 is 31.8 Å². The van der Waals surface area contributed by atoms with Gasteiger partial charge in [-0.1, -0.05) is 42.5 Å². The summed E-state index contributed by atoms with van der Waals surface area (Å²) in [7, 11) is 1.33. The number of hydrogen-bond donors (Lipinski definition) is 0. The summed E-state index contributed by atoms with van der Waals surface area (Å²) < 4.78 is 57.2. The Hall–Kier alpha value is -3.17. The second-order valence-electron chi connectivity index (χ2n) is 6.90. The van der Waals surface area contributed by atoms with E-state index in [1.54, 1.807) is 38.1 Å². The number of alkyl halides is 3. The Morgan fingerprint density at radius 1 is 1.03 bits per heavy atom. The fourth-order valence-electron chi connectivity index (χ4n) is 3.35. The van der Waals surface area contributed by atoms with Gasteiger partial charge in [0.15, 0.2) is 5.75 Å². The van der Waals surface area contributed by atoms with Crippen LogP contribution >= 0.6 is 12.2 Å². The molecular weight excluding hydrogens is 445 g/mol. The number of halogens is 3. The van der Waals surface area contributed by atoms with Crippen molar-refractivity contribution in [2.45, 2.75) is 26.8 Å². The van der Waals surface area contributed by atoms with Crippen molar-refractivity contribution in [3.8, 4) is 28.2 Å². The molecule has 0 saturated carbocycles. The van der Waals surface area contributed by atoms with Crippen molar-refractivity contribution in [3.63, 3.8) is 0 Å². The zero-order valence-corrected chi connectivity index (χ0v) is 18.2. The van der Waals surface area contributed by atoms with E-state index in [2.05, 4.69) is 4.74 Å². The predicted octanol–water partition coefficient (Wildman–Crippen LogP) is 5.94. The van der Waals surface area contributed by atoms with E-state index in [1.807, 2.05) is 6.07 Å². The first kappa shape index (κ1) is 23.5. The third-order valence-electron chi connectivity index (χ3n) is 4.58. The summed E-state index contributed by atoms with van der Waals surface area (Å²) in [5, 5.41) is -0.207. The van der Waals surface area contributed by atoms with E-state index in [-0.39, 0.29) is 22.3 Å². The van der Waals surface area contributed by atoms with Crippen LogP contribution in [-0.4, -0.2) is 18.7 Å². The summed E-state index contributed by atoms with van der Waals surface area (Å²) in [6, 6.07) is 13.5. The molecule has 168 valence electrons. The van der Waals surface area contributed by atoms with Crippen molar-refractivity contribution >= 4 is 17.5 Å². The summed E-state index contributed by atoms with van der Waals surface area (Å²) >= 11 is 5.01. The Labute approximate surface area is 187 Å². The zero-order valence-electron chi connectivity index (χ0n) is 17.4. The molecule has 2 aromatic carbocycles. The average molecular weight is 464 g/mol. The molecule has 0 aliphatic heterocycles. The average Bonchev–Trinajstić information content (AvgIpc) is 2.73. The maximum absolute atomic E-state index is 13.0. The minimum atomic E-state index is -4.74. The van der Waals surface area contributed by atoms with Gasteiger partial charge in [0.2, 0.25) is 0 Å². The number of thiocarbonyl (C=S) groups is 1. The number of rotatable bonds is 5. The minimum Gasteiger partial charge on any atom is -0.460 e. The third kappa shape index (κ3) is 5.54. The predicted molar refractivity (Wildman–Crippen MR) is 116 cm³/mol. The summed E-state index contributed by atoms with van der Waals surface area (Å²) in [6.07, 6.45) is -4.74. The van der Waals surface area contributed by atoms with Crippen molar-refractivity contribution in [1.82, 2.24) is 0 Å². The second-order valence-corrected chi connectivity index (χ2v) is 7.23. The summed E-state index contributed by atoms with van der Waals surface area (Å²) in [5.74, 6) is 0.371. The first-order valence-corrected chi connectivity index (χ1v) is 9.80. The van der Waals surface area contributed by atoms with Gasteiger partial charge in [0.1, 0.15) is 11.3 Å². The van der Waals surface area contributed by atoms with Gasteiger partial charge in [-0.25, -0.2) is 4.79 Å². The topological polar surface area (TPSA) is 57.9 Å². The van der Waals surface area contributed by atoms with Crippen LogP contribution in [0.15, 0.2) is 57.7 Å². The van der Waals surface area contributed by atoms with Crippen molar-refractivity contribution in [1.29, 1.82) is 0 Å². The maximum atomic E-state index is 13.0. The lowest BCUT2D eigenvalue weighted by Crippen LogP contribution is -2.14. The van der Waals surface area contributed by atoms with Crippen molar-refractivity contribution in [2.24, 2.45) is 0 Å². The quantitative estimate of drug-likeness (QED) is 0.436. The molecule has 0 unspecified atom stereocenters. The lowest BCUT2D eigenvalue weighted by atomic mass is 9.94. The summed E-state index contributed by atoms with van der Waals surface area (Å²) in [4.78, 5) is 13.0. The van der Waals surface area contributed by atoms with Crippen LogP contribution in [0.5, 0.6) is 5.75 Å². The maximum Gasteiger partial charge on any atom is 0.522 e. The van der Waals surface area contributed by atoms with Crippen molar-refractivity contribution in [2.75, 3.05) is 7.11 Å². The molecule has 9 heteroatoms. The fraction of sp³-hybridized carbons (Fsp3) is 0.217. The lowest BCUT2D eigenvalue weighted by Gasteiger charge is -2.16. The van der Waals surface area contributed by atoms with Gasteiger partial charge in [-0.3, -0.25) is 4.74 Å². The number of methoxy groups -OCH3 is 1. The molecule has 0 N–H and O–H groups in total. The Bertz CT molecular complexity index is 1160. The van der Waals surface area contributed by atoms with E-state index in [9.17, 15) is 18.0 Å². The van der Waals surface area contributed by atoms with Gasteiger partial charge < -0.3 is 13.9 Å². The molecule has 5 nitrogen and oxygen atoms in total. The highest BCUT2D eigenvalue weighted by Gasteiger charge is 2.29. The Morgan fingerprint density at radius 2 is 1.66 bits per heavy atom. The molecule has 0 aliphatic carbocycles. The molecule has 0 spiro atoms. The molecule has 0 bridgehead atoms. The third-order valence-corrected chi connectivity index (χ3v) is 4.83. The van der Waals surface area contributed by atoms with Crippen LogP contribution in [0.2, 0.25) is 0 Å². The normalized spacial score (nSPS) is 11.3. The Kier molecular flexibility index (Phi) is 7.00. The molecule has 3 rings (SSSR count). The standard InChI is InChI=1S/C23H19F3O5S/c1-13-9-15(12-29-23(24,25)26)10-14(2)19(13)20-18(31-22(32)28-3)11-17(30-21(20)27)16-7-5-4-6-8-16/h4-11H,12H2,1-3H3. The molecule has 0 aliphatic rings. The summed E-state index contributed by atoms with van der Waals surface area (Å²) in [5.41, 5.74) is 1.90. The highest BCUT2D eigenvalue weighted by molar-refractivity contribution is 7.79. The van der Waals surface area contributed by atoms with Crippen LogP contribution < -0.4 is 10.4 Å². The highest BCUT2D eigenvalue weighted by atomic mass is 32.1. The van der Waals surface area contributed by atoms with Gasteiger partial charge in [-0.2, -0.15) is 0 Å².